The van der Waals surface area contributed by atoms with Gasteiger partial charge in [0, 0.05) is 36.5 Å². The summed E-state index contributed by atoms with van der Waals surface area (Å²) >= 11 is 6.07. The largest absolute Gasteiger partial charge is 0.495 e. The van der Waals surface area contributed by atoms with Gasteiger partial charge in [-0.15, -0.1) is 0 Å². The van der Waals surface area contributed by atoms with Gasteiger partial charge in [0.05, 0.1) is 7.11 Å². The molecule has 2 aliphatic rings. The monoisotopic (exact) mass is 481 g/mol. The summed E-state index contributed by atoms with van der Waals surface area (Å²) in [6, 6.07) is 21.0. The van der Waals surface area contributed by atoms with Crippen LogP contribution in [0, 0.1) is 0 Å². The van der Waals surface area contributed by atoms with Crippen molar-refractivity contribution in [2.45, 2.75) is 23.3 Å². The molecule has 1 saturated heterocycles. The SMILES string of the molecule is COc1ccc(Cl)cc1S(=O)(=O)N1CCC2(C=Cc3cc(-c4ccccc4)ccc3O2)CC1. The fraction of sp³-hybridized carbons (Fsp3) is 0.231. The van der Waals surface area contributed by atoms with Crippen LogP contribution in [0.1, 0.15) is 18.4 Å². The molecule has 33 heavy (non-hydrogen) atoms. The molecular weight excluding hydrogens is 458 g/mol. The standard InChI is InChI=1S/C26H24ClNO4S/c1-31-24-10-8-22(27)18-25(24)33(29,30)28-15-13-26(14-16-28)12-11-21-17-20(7-9-23(21)32-26)19-5-3-2-4-6-19/h2-12,17-18H,13-16H2,1H3. The van der Waals surface area contributed by atoms with Crippen LogP contribution < -0.4 is 9.47 Å². The minimum atomic E-state index is -3.74. The number of rotatable bonds is 4. The first-order chi connectivity index (χ1) is 15.9. The van der Waals surface area contributed by atoms with Crippen molar-refractivity contribution in [3.05, 3.63) is 83.4 Å². The number of benzene rings is 3. The van der Waals surface area contributed by atoms with Crippen LogP contribution in [0.4, 0.5) is 0 Å². The average molecular weight is 482 g/mol. The predicted octanol–water partition coefficient (Wildman–Crippen LogP) is 5.64. The molecule has 7 heteroatoms. The maximum atomic E-state index is 13.3. The third-order valence-corrected chi connectivity index (χ3v) is 8.46. The Morgan fingerprint density at radius 2 is 1.73 bits per heavy atom. The first-order valence-electron chi connectivity index (χ1n) is 10.8. The zero-order valence-corrected chi connectivity index (χ0v) is 19.8. The van der Waals surface area contributed by atoms with Gasteiger partial charge in [-0.2, -0.15) is 4.31 Å². The first-order valence-corrected chi connectivity index (χ1v) is 12.6. The molecule has 0 aromatic heterocycles. The highest BCUT2D eigenvalue weighted by Crippen LogP contribution is 2.40. The molecule has 170 valence electrons. The van der Waals surface area contributed by atoms with Crippen molar-refractivity contribution in [3.63, 3.8) is 0 Å². The number of hydrogen-bond donors (Lipinski definition) is 0. The number of nitrogens with zero attached hydrogens (tertiary/aromatic N) is 1. The lowest BCUT2D eigenvalue weighted by Gasteiger charge is -2.41. The highest BCUT2D eigenvalue weighted by molar-refractivity contribution is 7.89. The molecule has 0 unspecified atom stereocenters. The third-order valence-electron chi connectivity index (χ3n) is 6.31. The number of hydrogen-bond acceptors (Lipinski definition) is 4. The molecule has 5 nitrogen and oxygen atoms in total. The maximum absolute atomic E-state index is 13.3. The van der Waals surface area contributed by atoms with E-state index in [1.807, 2.05) is 24.3 Å². The number of ether oxygens (including phenoxy) is 2. The van der Waals surface area contributed by atoms with Crippen LogP contribution in [0.5, 0.6) is 11.5 Å². The molecule has 0 radical (unpaired) electrons. The molecule has 0 aliphatic carbocycles. The van der Waals surface area contributed by atoms with Crippen LogP contribution in [0.15, 0.2) is 77.7 Å². The lowest BCUT2D eigenvalue weighted by atomic mass is 9.88. The molecule has 2 aliphatic heterocycles. The molecule has 1 spiro atoms. The number of piperidine rings is 1. The fourth-order valence-corrected chi connectivity index (χ4v) is 6.30. The average Bonchev–Trinajstić information content (AvgIpc) is 2.84. The summed E-state index contributed by atoms with van der Waals surface area (Å²) in [7, 11) is -2.28. The van der Waals surface area contributed by atoms with E-state index in [1.54, 1.807) is 12.1 Å². The molecule has 0 atom stereocenters. The Morgan fingerprint density at radius 3 is 2.45 bits per heavy atom. The summed E-state index contributed by atoms with van der Waals surface area (Å²) in [5.41, 5.74) is 2.81. The molecule has 5 rings (SSSR count). The Labute approximate surface area is 199 Å². The van der Waals surface area contributed by atoms with E-state index in [9.17, 15) is 8.42 Å². The molecule has 0 N–H and O–H groups in total. The van der Waals surface area contributed by atoms with Crippen molar-refractivity contribution in [1.82, 2.24) is 4.31 Å². The second kappa shape index (κ2) is 8.52. The molecule has 0 bridgehead atoms. The Hall–Kier alpha value is -2.80. The van der Waals surface area contributed by atoms with Crippen LogP contribution in [0.25, 0.3) is 17.2 Å². The second-order valence-corrected chi connectivity index (χ2v) is 10.7. The molecular formula is C26H24ClNO4S. The third kappa shape index (κ3) is 4.14. The number of sulfonamides is 1. The van der Waals surface area contributed by atoms with E-state index in [1.165, 1.54) is 17.5 Å². The lowest BCUT2D eigenvalue weighted by Crippen LogP contribution is -2.49. The van der Waals surface area contributed by atoms with Gasteiger partial charge in [0.15, 0.2) is 0 Å². The van der Waals surface area contributed by atoms with Gasteiger partial charge in [-0.3, -0.25) is 0 Å². The van der Waals surface area contributed by atoms with Gasteiger partial charge < -0.3 is 9.47 Å². The van der Waals surface area contributed by atoms with Gasteiger partial charge in [-0.1, -0.05) is 54.1 Å². The maximum Gasteiger partial charge on any atom is 0.246 e. The van der Waals surface area contributed by atoms with Crippen molar-refractivity contribution >= 4 is 27.7 Å². The lowest BCUT2D eigenvalue weighted by molar-refractivity contribution is 0.0620. The van der Waals surface area contributed by atoms with Crippen LogP contribution in [0.2, 0.25) is 5.02 Å². The smallest absolute Gasteiger partial charge is 0.246 e. The topological polar surface area (TPSA) is 55.8 Å². The molecule has 3 aromatic rings. The van der Waals surface area contributed by atoms with E-state index in [2.05, 4.69) is 36.4 Å². The summed E-state index contributed by atoms with van der Waals surface area (Å²) < 4.78 is 39.8. The molecule has 2 heterocycles. The summed E-state index contributed by atoms with van der Waals surface area (Å²) in [4.78, 5) is 0.0901. The zero-order valence-electron chi connectivity index (χ0n) is 18.2. The van der Waals surface area contributed by atoms with E-state index in [0.717, 1.165) is 22.4 Å². The van der Waals surface area contributed by atoms with Crippen molar-refractivity contribution in [1.29, 1.82) is 0 Å². The Bertz CT molecular complexity index is 1310. The van der Waals surface area contributed by atoms with Crippen LogP contribution in [-0.2, 0) is 10.0 Å². The highest BCUT2D eigenvalue weighted by Gasteiger charge is 2.41. The molecule has 0 saturated carbocycles. The summed E-state index contributed by atoms with van der Waals surface area (Å²) in [5.74, 6) is 1.11. The highest BCUT2D eigenvalue weighted by atomic mass is 35.5. The normalized spacial score (nSPS) is 17.4. The Morgan fingerprint density at radius 1 is 0.970 bits per heavy atom. The predicted molar refractivity (Wildman–Crippen MR) is 130 cm³/mol. The van der Waals surface area contributed by atoms with Crippen molar-refractivity contribution < 1.29 is 17.9 Å². The first kappa shape index (κ1) is 22.0. The minimum Gasteiger partial charge on any atom is -0.495 e. The second-order valence-electron chi connectivity index (χ2n) is 8.32. The summed E-state index contributed by atoms with van der Waals surface area (Å²) in [5, 5.41) is 0.355. The van der Waals surface area contributed by atoms with Crippen LogP contribution >= 0.6 is 11.6 Å². The van der Waals surface area contributed by atoms with Crippen LogP contribution in [0.3, 0.4) is 0 Å². The number of halogens is 1. The Kier molecular flexibility index (Phi) is 5.69. The summed E-state index contributed by atoms with van der Waals surface area (Å²) in [6.07, 6.45) is 5.29. The molecule has 3 aromatic carbocycles. The van der Waals surface area contributed by atoms with Gasteiger partial charge in [0.2, 0.25) is 10.0 Å². The van der Waals surface area contributed by atoms with Gasteiger partial charge in [0.1, 0.15) is 22.0 Å². The van der Waals surface area contributed by atoms with E-state index in [0.29, 0.717) is 31.0 Å². The quantitative estimate of drug-likeness (QED) is 0.483. The van der Waals surface area contributed by atoms with E-state index in [-0.39, 0.29) is 10.6 Å². The molecule has 0 amide bonds. The van der Waals surface area contributed by atoms with Gasteiger partial charge in [-0.05, 0) is 47.5 Å². The van der Waals surface area contributed by atoms with E-state index in [4.69, 9.17) is 21.1 Å². The summed E-state index contributed by atoms with van der Waals surface area (Å²) in [6.45, 7) is 0.694. The van der Waals surface area contributed by atoms with Crippen molar-refractivity contribution in [3.8, 4) is 22.6 Å². The van der Waals surface area contributed by atoms with Crippen molar-refractivity contribution in [2.75, 3.05) is 20.2 Å². The number of methoxy groups -OCH3 is 1. The van der Waals surface area contributed by atoms with E-state index < -0.39 is 15.6 Å². The zero-order chi connectivity index (χ0) is 23.1. The van der Waals surface area contributed by atoms with Crippen molar-refractivity contribution in [2.24, 2.45) is 0 Å². The van der Waals surface area contributed by atoms with E-state index >= 15 is 0 Å². The van der Waals surface area contributed by atoms with Gasteiger partial charge in [-0.25, -0.2) is 8.42 Å². The minimum absolute atomic E-state index is 0.0901. The fourth-order valence-electron chi connectivity index (χ4n) is 4.44. The number of fused-ring (bicyclic) bond motifs is 1. The molecule has 1 fully saturated rings. The Balaban J connectivity index is 1.34. The van der Waals surface area contributed by atoms with Gasteiger partial charge >= 0.3 is 0 Å². The van der Waals surface area contributed by atoms with Crippen LogP contribution in [-0.4, -0.2) is 38.5 Å². The van der Waals surface area contributed by atoms with Gasteiger partial charge in [0.25, 0.3) is 0 Å².